The Bertz CT molecular complexity index is 947. The highest BCUT2D eigenvalue weighted by Crippen LogP contribution is 2.36. The number of carbonyl (C=O) groups is 2. The Morgan fingerprint density at radius 2 is 2.00 bits per heavy atom. The van der Waals surface area contributed by atoms with Crippen LogP contribution in [0.1, 0.15) is 60.6 Å². The number of aryl methyl sites for hydroxylation is 1. The SMILES string of the molecule is C=C1CCC(=O)C/C=C\c2c1c1cc(C(C)=O)ccc1n2CCCCN(C)C. The van der Waals surface area contributed by atoms with E-state index in [-0.39, 0.29) is 11.6 Å². The van der Waals surface area contributed by atoms with Gasteiger partial charge in [-0.2, -0.15) is 0 Å². The minimum Gasteiger partial charge on any atom is -0.340 e. The average molecular weight is 379 g/mol. The molecule has 1 aromatic heterocycles. The molecule has 0 amide bonds. The summed E-state index contributed by atoms with van der Waals surface area (Å²) in [7, 11) is 4.19. The summed E-state index contributed by atoms with van der Waals surface area (Å²) in [4.78, 5) is 26.2. The molecule has 0 radical (unpaired) electrons. The number of rotatable bonds is 6. The third-order valence-electron chi connectivity index (χ3n) is 5.43. The van der Waals surface area contributed by atoms with E-state index in [9.17, 15) is 9.59 Å². The molecule has 0 saturated carbocycles. The number of hydrogen-bond donors (Lipinski definition) is 0. The molecule has 0 aliphatic heterocycles. The van der Waals surface area contributed by atoms with Crippen molar-refractivity contribution in [2.75, 3.05) is 20.6 Å². The molecular weight excluding hydrogens is 348 g/mol. The van der Waals surface area contributed by atoms with Gasteiger partial charge in [-0.25, -0.2) is 0 Å². The zero-order valence-corrected chi connectivity index (χ0v) is 17.3. The van der Waals surface area contributed by atoms with Crippen molar-refractivity contribution < 1.29 is 9.59 Å². The summed E-state index contributed by atoms with van der Waals surface area (Å²) in [6, 6.07) is 5.96. The second-order valence-corrected chi connectivity index (χ2v) is 7.96. The van der Waals surface area contributed by atoms with Gasteiger partial charge in [0, 0.05) is 47.1 Å². The lowest BCUT2D eigenvalue weighted by Crippen LogP contribution is -2.13. The van der Waals surface area contributed by atoms with Gasteiger partial charge in [0.25, 0.3) is 0 Å². The summed E-state index contributed by atoms with van der Waals surface area (Å²) in [5.41, 5.74) is 5.04. The van der Waals surface area contributed by atoms with Gasteiger partial charge in [0.05, 0.1) is 0 Å². The lowest BCUT2D eigenvalue weighted by atomic mass is 9.97. The van der Waals surface area contributed by atoms with Gasteiger partial charge in [-0.15, -0.1) is 0 Å². The van der Waals surface area contributed by atoms with Gasteiger partial charge in [-0.1, -0.05) is 12.7 Å². The monoisotopic (exact) mass is 378 g/mol. The number of ketones is 2. The fourth-order valence-corrected chi connectivity index (χ4v) is 3.90. The first-order valence-corrected chi connectivity index (χ1v) is 10.1. The van der Waals surface area contributed by atoms with Gasteiger partial charge in [-0.3, -0.25) is 9.59 Å². The van der Waals surface area contributed by atoms with E-state index in [1.54, 1.807) is 6.92 Å². The second kappa shape index (κ2) is 8.70. The molecule has 2 aromatic rings. The molecule has 1 aromatic carbocycles. The third kappa shape index (κ3) is 4.33. The summed E-state index contributed by atoms with van der Waals surface area (Å²) < 4.78 is 2.34. The van der Waals surface area contributed by atoms with E-state index in [4.69, 9.17) is 0 Å². The molecule has 0 atom stereocenters. The van der Waals surface area contributed by atoms with Crippen LogP contribution in [0, 0.1) is 0 Å². The Hall–Kier alpha value is -2.46. The van der Waals surface area contributed by atoms with Crippen molar-refractivity contribution in [3.8, 4) is 0 Å². The van der Waals surface area contributed by atoms with Crippen LogP contribution in [0.4, 0.5) is 0 Å². The van der Waals surface area contributed by atoms with Crippen molar-refractivity contribution in [2.45, 2.75) is 45.6 Å². The molecular formula is C24H30N2O2. The average Bonchev–Trinajstić information content (AvgIpc) is 2.97. The van der Waals surface area contributed by atoms with Crippen LogP contribution in [-0.2, 0) is 11.3 Å². The first-order valence-electron chi connectivity index (χ1n) is 10.1. The predicted molar refractivity (Wildman–Crippen MR) is 117 cm³/mol. The van der Waals surface area contributed by atoms with E-state index < -0.39 is 0 Å². The van der Waals surface area contributed by atoms with Crippen LogP contribution in [-0.4, -0.2) is 41.7 Å². The van der Waals surface area contributed by atoms with E-state index >= 15 is 0 Å². The molecule has 0 saturated heterocycles. The number of nitrogens with zero attached hydrogens (tertiary/aromatic N) is 2. The van der Waals surface area contributed by atoms with Crippen LogP contribution in [0.15, 0.2) is 30.9 Å². The van der Waals surface area contributed by atoms with Gasteiger partial charge in [0.15, 0.2) is 5.78 Å². The van der Waals surface area contributed by atoms with Crippen molar-refractivity contribution in [3.05, 3.63) is 47.7 Å². The second-order valence-electron chi connectivity index (χ2n) is 7.96. The summed E-state index contributed by atoms with van der Waals surface area (Å²) in [5, 5.41) is 1.07. The van der Waals surface area contributed by atoms with Gasteiger partial charge in [-0.05, 0) is 76.7 Å². The summed E-state index contributed by atoms with van der Waals surface area (Å²) in [5.74, 6) is 0.308. The highest BCUT2D eigenvalue weighted by Gasteiger charge is 2.20. The normalized spacial score (nSPS) is 16.0. The molecule has 0 unspecified atom stereocenters. The molecule has 1 aliphatic rings. The van der Waals surface area contributed by atoms with Crippen LogP contribution >= 0.6 is 0 Å². The van der Waals surface area contributed by atoms with Gasteiger partial charge in [0.1, 0.15) is 5.78 Å². The quantitative estimate of drug-likeness (QED) is 0.527. The predicted octanol–water partition coefficient (Wildman–Crippen LogP) is 4.97. The fourth-order valence-electron chi connectivity index (χ4n) is 3.90. The number of fused-ring (bicyclic) bond motifs is 3. The molecule has 1 aliphatic carbocycles. The Labute approximate surface area is 167 Å². The molecule has 4 heteroatoms. The molecule has 148 valence electrons. The van der Waals surface area contributed by atoms with Crippen LogP contribution in [0.3, 0.4) is 0 Å². The highest BCUT2D eigenvalue weighted by molar-refractivity contribution is 6.03. The largest absolute Gasteiger partial charge is 0.340 e. The highest BCUT2D eigenvalue weighted by atomic mass is 16.1. The smallest absolute Gasteiger partial charge is 0.159 e. The number of allylic oxidation sites excluding steroid dienone is 2. The maximum Gasteiger partial charge on any atom is 0.159 e. The van der Waals surface area contributed by atoms with E-state index in [0.717, 1.165) is 53.7 Å². The van der Waals surface area contributed by atoms with Crippen molar-refractivity contribution in [1.29, 1.82) is 0 Å². The molecule has 28 heavy (non-hydrogen) atoms. The summed E-state index contributed by atoms with van der Waals surface area (Å²) >= 11 is 0. The van der Waals surface area contributed by atoms with Gasteiger partial charge in [0.2, 0.25) is 0 Å². The Balaban J connectivity index is 2.11. The number of Topliss-reactive ketones (excluding diaryl/α,β-unsaturated/α-hetero) is 2. The van der Waals surface area contributed by atoms with E-state index in [1.807, 2.05) is 18.2 Å². The van der Waals surface area contributed by atoms with Gasteiger partial charge < -0.3 is 9.47 Å². The lowest BCUT2D eigenvalue weighted by Gasteiger charge is -2.12. The van der Waals surface area contributed by atoms with Crippen LogP contribution in [0.5, 0.6) is 0 Å². The van der Waals surface area contributed by atoms with E-state index in [2.05, 4.69) is 42.3 Å². The lowest BCUT2D eigenvalue weighted by molar-refractivity contribution is -0.118. The molecule has 4 nitrogen and oxygen atoms in total. The van der Waals surface area contributed by atoms with Crippen molar-refractivity contribution in [3.63, 3.8) is 0 Å². The minimum absolute atomic E-state index is 0.0637. The van der Waals surface area contributed by atoms with E-state index in [0.29, 0.717) is 24.8 Å². The van der Waals surface area contributed by atoms with E-state index in [1.165, 1.54) is 0 Å². The molecule has 0 fully saturated rings. The van der Waals surface area contributed by atoms with Crippen molar-refractivity contribution >= 4 is 34.1 Å². The molecule has 0 bridgehead atoms. The summed E-state index contributed by atoms with van der Waals surface area (Å²) in [6.07, 6.45) is 7.89. The first kappa shape index (κ1) is 20.3. The standard InChI is InChI=1S/C24H30N2O2/c1-17-10-12-20(28)8-7-9-23-24(17)21-16-19(18(2)27)11-13-22(21)26(23)15-6-5-14-25(3)4/h7,9,11,13,16H,1,5-6,8,10,12,14-15H2,2-4H3/b9-7-. The molecule has 3 rings (SSSR count). The van der Waals surface area contributed by atoms with Crippen LogP contribution in [0.2, 0.25) is 0 Å². The Kier molecular flexibility index (Phi) is 6.30. The third-order valence-corrected chi connectivity index (χ3v) is 5.43. The first-order chi connectivity index (χ1) is 13.4. The maximum atomic E-state index is 12.0. The number of hydrogen-bond acceptors (Lipinski definition) is 3. The Morgan fingerprint density at radius 3 is 2.71 bits per heavy atom. The molecule has 0 spiro atoms. The topological polar surface area (TPSA) is 42.3 Å². The van der Waals surface area contributed by atoms with Gasteiger partial charge >= 0.3 is 0 Å². The van der Waals surface area contributed by atoms with Crippen molar-refractivity contribution in [1.82, 2.24) is 9.47 Å². The molecule has 0 N–H and O–H groups in total. The number of unbranched alkanes of at least 4 members (excludes halogenated alkanes) is 1. The maximum absolute atomic E-state index is 12.0. The fraction of sp³-hybridized carbons (Fsp3) is 0.417. The zero-order chi connectivity index (χ0) is 20.3. The number of benzene rings is 1. The zero-order valence-electron chi connectivity index (χ0n) is 17.3. The minimum atomic E-state index is 0.0637. The van der Waals surface area contributed by atoms with Crippen LogP contribution in [0.25, 0.3) is 22.6 Å². The van der Waals surface area contributed by atoms with Crippen LogP contribution < -0.4 is 0 Å². The Morgan fingerprint density at radius 1 is 1.21 bits per heavy atom. The number of carbonyl (C=O) groups excluding carboxylic acids is 2. The molecule has 1 heterocycles. The summed E-state index contributed by atoms with van der Waals surface area (Å²) in [6.45, 7) is 7.87. The van der Waals surface area contributed by atoms with Crippen molar-refractivity contribution in [2.24, 2.45) is 0 Å². The number of aromatic nitrogens is 1.